The summed E-state index contributed by atoms with van der Waals surface area (Å²) in [7, 11) is -0.803. The van der Waals surface area contributed by atoms with Gasteiger partial charge in [-0.15, -0.1) is 0 Å². The van der Waals surface area contributed by atoms with Gasteiger partial charge < -0.3 is 29.1 Å². The molecule has 1 aliphatic heterocycles. The largest absolute Gasteiger partial charge is 0.543 e. The lowest BCUT2D eigenvalue weighted by Gasteiger charge is -2.43. The van der Waals surface area contributed by atoms with Gasteiger partial charge in [0.25, 0.3) is 8.32 Å². The van der Waals surface area contributed by atoms with Crippen molar-refractivity contribution >= 4 is 76.4 Å². The van der Waals surface area contributed by atoms with E-state index in [2.05, 4.69) is 77.5 Å². The molecule has 14 heteroatoms. The summed E-state index contributed by atoms with van der Waals surface area (Å²) in [6.45, 7) is 15.2. The zero-order valence-corrected chi connectivity index (χ0v) is 29.1. The minimum atomic E-state index is -2.36. The molecule has 40 heavy (non-hydrogen) atoms. The van der Waals surface area contributed by atoms with Crippen LogP contribution >= 0.6 is 52.1 Å². The summed E-state index contributed by atoms with van der Waals surface area (Å²) in [5.74, 6) is 2.88. The van der Waals surface area contributed by atoms with Crippen molar-refractivity contribution in [3.8, 4) is 11.5 Å². The molecule has 0 fully saturated rings. The Labute approximate surface area is 260 Å². The van der Waals surface area contributed by atoms with E-state index < -0.39 is 14.3 Å². The Kier molecular flexibility index (Phi) is 11.0. The van der Waals surface area contributed by atoms with Crippen molar-refractivity contribution in [3.63, 3.8) is 0 Å². The molecule has 0 amide bonds. The molecule has 3 rings (SSSR count). The van der Waals surface area contributed by atoms with Gasteiger partial charge in [0, 0.05) is 23.1 Å². The third-order valence-corrected chi connectivity index (χ3v) is 14.4. The number of carbonyl (C=O) groups excluding carboxylic acids is 1. The Morgan fingerprint density at radius 2 is 1.95 bits per heavy atom. The van der Waals surface area contributed by atoms with Crippen molar-refractivity contribution in [2.45, 2.75) is 64.5 Å². The standard InChI is InChI=1S/C26H37BrN4O5S3Si/c1-14(2)26(4,5)40(7,8)36-18-9-19(33-6)23(27)22-16(18)12-39-13-17(24-29-15(3)31-35-24)30-20(37)10-28-21(38)11-34-25(22)32/h9,14,17H,10-13H2,1-8H3,(H,28,38)(H,30,37)/t17-/m0/s1. The number of ether oxygens (including phenoxy) is 2. The summed E-state index contributed by atoms with van der Waals surface area (Å²) in [6, 6.07) is 1.51. The molecule has 9 nitrogen and oxygen atoms in total. The summed E-state index contributed by atoms with van der Waals surface area (Å²) < 4.78 is 24.2. The highest BCUT2D eigenvalue weighted by Crippen LogP contribution is 2.47. The van der Waals surface area contributed by atoms with Crippen LogP contribution in [0, 0.1) is 12.8 Å². The average Bonchev–Trinajstić information content (AvgIpc) is 3.32. The average molecular weight is 690 g/mol. The number of thiocarbonyl (C=S) groups is 2. The Hall–Kier alpha value is -1.74. The van der Waals surface area contributed by atoms with Crippen molar-refractivity contribution < 1.29 is 23.2 Å². The first kappa shape index (κ1) is 32.8. The molecule has 220 valence electrons. The van der Waals surface area contributed by atoms with E-state index in [0.717, 1.165) is 0 Å². The number of fused-ring (bicyclic) bond motifs is 1. The first-order chi connectivity index (χ1) is 18.7. The number of aromatic nitrogens is 2. The van der Waals surface area contributed by atoms with E-state index >= 15 is 0 Å². The van der Waals surface area contributed by atoms with E-state index in [1.165, 1.54) is 0 Å². The van der Waals surface area contributed by atoms with Crippen molar-refractivity contribution in [1.29, 1.82) is 0 Å². The van der Waals surface area contributed by atoms with E-state index in [1.807, 2.05) is 6.07 Å². The Balaban J connectivity index is 2.11. The Morgan fingerprint density at radius 1 is 1.25 bits per heavy atom. The molecule has 2 aromatic rings. The maximum Gasteiger partial charge on any atom is 0.340 e. The number of nitrogens with one attached hydrogen (secondary N) is 2. The van der Waals surface area contributed by atoms with Gasteiger partial charge in [0.2, 0.25) is 5.89 Å². The highest BCUT2D eigenvalue weighted by atomic mass is 79.9. The number of rotatable bonds is 6. The molecule has 2 heterocycles. The number of carbonyl (C=O) groups is 1. The second kappa shape index (κ2) is 13.5. The molecule has 0 bridgehead atoms. The number of cyclic esters (lactones) is 1. The van der Waals surface area contributed by atoms with Gasteiger partial charge in [0.1, 0.15) is 29.1 Å². The van der Waals surface area contributed by atoms with Crippen LogP contribution in [0.3, 0.4) is 0 Å². The molecule has 0 radical (unpaired) electrons. The van der Waals surface area contributed by atoms with Crippen LogP contribution in [0.5, 0.6) is 11.5 Å². The normalized spacial score (nSPS) is 17.9. The van der Waals surface area contributed by atoms with Gasteiger partial charge in [0.15, 0.2) is 5.82 Å². The van der Waals surface area contributed by atoms with Gasteiger partial charge in [0.05, 0.1) is 28.7 Å². The summed E-state index contributed by atoms with van der Waals surface area (Å²) in [4.78, 5) is 18.8. The van der Waals surface area contributed by atoms with Gasteiger partial charge >= 0.3 is 5.97 Å². The summed E-state index contributed by atoms with van der Waals surface area (Å²) >= 11 is 16.1. The predicted octanol–water partition coefficient (Wildman–Crippen LogP) is 6.15. The second-order valence-electron chi connectivity index (χ2n) is 10.9. The molecular weight excluding hydrogens is 652 g/mol. The van der Waals surface area contributed by atoms with E-state index in [1.54, 1.807) is 25.8 Å². The van der Waals surface area contributed by atoms with Gasteiger partial charge in [-0.2, -0.15) is 16.7 Å². The summed E-state index contributed by atoms with van der Waals surface area (Å²) in [5.41, 5.74) is 1.06. The highest BCUT2D eigenvalue weighted by molar-refractivity contribution is 9.10. The molecular formula is C26H37BrN4O5S3Si. The van der Waals surface area contributed by atoms with Gasteiger partial charge in [-0.25, -0.2) is 4.79 Å². The number of esters is 1. The molecule has 1 aromatic heterocycles. The van der Waals surface area contributed by atoms with Crippen LogP contribution in [0.15, 0.2) is 15.1 Å². The van der Waals surface area contributed by atoms with Crippen molar-refractivity contribution in [3.05, 3.63) is 33.4 Å². The minimum absolute atomic E-state index is 0.0617. The van der Waals surface area contributed by atoms with Crippen molar-refractivity contribution in [1.82, 2.24) is 20.8 Å². The van der Waals surface area contributed by atoms with Crippen molar-refractivity contribution in [2.75, 3.05) is 26.0 Å². The third-order valence-electron chi connectivity index (χ3n) is 7.57. The maximum absolute atomic E-state index is 13.6. The van der Waals surface area contributed by atoms with Gasteiger partial charge in [-0.05, 0) is 46.9 Å². The molecule has 1 aliphatic rings. The second-order valence-corrected chi connectivity index (χ2v) is 18.2. The Bertz CT molecular complexity index is 1270. The zero-order chi connectivity index (χ0) is 29.8. The van der Waals surface area contributed by atoms with Gasteiger partial charge in [-0.3, -0.25) is 0 Å². The fourth-order valence-corrected chi connectivity index (χ4v) is 8.41. The zero-order valence-electron chi connectivity index (χ0n) is 24.1. The monoisotopic (exact) mass is 688 g/mol. The highest BCUT2D eigenvalue weighted by Gasteiger charge is 2.45. The maximum atomic E-state index is 13.6. The molecule has 1 aromatic carbocycles. The number of benzene rings is 1. The van der Waals surface area contributed by atoms with Crippen molar-refractivity contribution in [2.24, 2.45) is 5.92 Å². The number of methoxy groups -OCH3 is 1. The van der Waals surface area contributed by atoms with E-state index in [4.69, 9.17) is 42.9 Å². The lowest BCUT2D eigenvalue weighted by molar-refractivity contribution is 0.0560. The molecule has 1 atom stereocenters. The SMILES string of the molecule is COc1cc(O[Si](C)(C)C(C)(C)C(C)C)c2c(c1Br)C(=O)OCC(=S)NCC(=S)N[C@H](c1nc(C)no1)CSC2. The number of aryl methyl sites for hydroxylation is 1. The summed E-state index contributed by atoms with van der Waals surface area (Å²) in [5, 5.41) is 10.2. The van der Waals surface area contributed by atoms with Crippen LogP contribution in [0.2, 0.25) is 18.1 Å². The first-order valence-corrected chi connectivity index (χ1v) is 18.5. The number of nitrogens with zero attached hydrogens (tertiary/aromatic N) is 2. The van der Waals surface area contributed by atoms with Crippen LogP contribution in [0.1, 0.15) is 61.4 Å². The molecule has 0 aliphatic carbocycles. The van der Waals surface area contributed by atoms with E-state index in [0.29, 0.717) is 66.2 Å². The van der Waals surface area contributed by atoms with E-state index in [-0.39, 0.29) is 24.2 Å². The molecule has 0 saturated heterocycles. The summed E-state index contributed by atoms with van der Waals surface area (Å²) in [6.07, 6.45) is 0. The lowest BCUT2D eigenvalue weighted by Crippen LogP contribution is -2.48. The number of hydrogen-bond donors (Lipinski definition) is 2. The van der Waals surface area contributed by atoms with Crippen LogP contribution < -0.4 is 19.8 Å². The third kappa shape index (κ3) is 7.55. The van der Waals surface area contributed by atoms with Crippen LogP contribution in [0.25, 0.3) is 0 Å². The topological polar surface area (TPSA) is 108 Å². The number of hydrogen-bond acceptors (Lipinski definition) is 10. The predicted molar refractivity (Wildman–Crippen MR) is 172 cm³/mol. The number of thioether (sulfide) groups is 1. The molecule has 2 N–H and O–H groups in total. The Morgan fingerprint density at radius 3 is 2.55 bits per heavy atom. The van der Waals surface area contributed by atoms with Crippen LogP contribution in [-0.2, 0) is 10.5 Å². The van der Waals surface area contributed by atoms with Crippen LogP contribution in [-0.4, -0.2) is 60.4 Å². The smallest absolute Gasteiger partial charge is 0.340 e. The lowest BCUT2D eigenvalue weighted by atomic mass is 9.99. The van der Waals surface area contributed by atoms with E-state index in [9.17, 15) is 4.79 Å². The van der Waals surface area contributed by atoms with Gasteiger partial charge in [-0.1, -0.05) is 57.3 Å². The fourth-order valence-electron chi connectivity index (χ4n) is 3.93. The molecule has 0 unspecified atom stereocenters. The van der Waals surface area contributed by atoms with Crippen LogP contribution in [0.4, 0.5) is 0 Å². The number of halogens is 1. The first-order valence-electron chi connectivity index (χ1n) is 12.9. The minimum Gasteiger partial charge on any atom is -0.543 e. The quantitative estimate of drug-likeness (QED) is 0.207. The molecule has 0 spiro atoms. The fraction of sp³-hybridized carbons (Fsp3) is 0.577. The molecule has 0 saturated carbocycles.